The molecule has 3 aromatic heterocycles. The molecule has 0 fully saturated rings. The van der Waals surface area contributed by atoms with Crippen molar-refractivity contribution in [1.29, 1.82) is 0 Å². The second-order valence-electron chi connectivity index (χ2n) is 5.08. The Labute approximate surface area is 133 Å². The molecule has 0 amide bonds. The number of hydrogen-bond donors (Lipinski definition) is 2. The van der Waals surface area contributed by atoms with Crippen molar-refractivity contribution in [3.8, 4) is 0 Å². The standard InChI is InChI=1S/C15H20N6S/c1-3-7-17-15-19-13(12-10-18-21(2)14(12)20-15)16-8-6-11-5-4-9-22-11/h4-5,9-10H,3,6-8H2,1-2H3,(H2,16,17,19,20). The molecule has 0 radical (unpaired) electrons. The van der Waals surface area contributed by atoms with Crippen LogP contribution in [0, 0.1) is 0 Å². The first-order chi connectivity index (χ1) is 10.8. The van der Waals surface area contributed by atoms with E-state index in [9.17, 15) is 0 Å². The van der Waals surface area contributed by atoms with Crippen LogP contribution >= 0.6 is 11.3 Å². The highest BCUT2D eigenvalue weighted by atomic mass is 32.1. The third kappa shape index (κ3) is 3.19. The molecule has 0 saturated carbocycles. The summed E-state index contributed by atoms with van der Waals surface area (Å²) in [6, 6.07) is 4.23. The fourth-order valence-corrected chi connectivity index (χ4v) is 2.94. The summed E-state index contributed by atoms with van der Waals surface area (Å²) in [5.41, 5.74) is 0.840. The van der Waals surface area contributed by atoms with Gasteiger partial charge >= 0.3 is 0 Å². The van der Waals surface area contributed by atoms with Gasteiger partial charge in [-0.1, -0.05) is 13.0 Å². The largest absolute Gasteiger partial charge is 0.369 e. The zero-order valence-corrected chi connectivity index (χ0v) is 13.7. The van der Waals surface area contributed by atoms with Crippen molar-refractivity contribution in [3.05, 3.63) is 28.6 Å². The quantitative estimate of drug-likeness (QED) is 0.701. The molecular weight excluding hydrogens is 296 g/mol. The molecule has 0 aliphatic heterocycles. The van der Waals surface area contributed by atoms with Crippen LogP contribution in [0.2, 0.25) is 0 Å². The third-order valence-corrected chi connectivity index (χ3v) is 4.31. The number of fused-ring (bicyclic) bond motifs is 1. The summed E-state index contributed by atoms with van der Waals surface area (Å²) in [4.78, 5) is 10.5. The monoisotopic (exact) mass is 316 g/mol. The van der Waals surface area contributed by atoms with Crippen molar-refractivity contribution in [2.75, 3.05) is 23.7 Å². The Hall–Kier alpha value is -2.15. The predicted octanol–water partition coefficient (Wildman–Crippen LogP) is 2.90. The van der Waals surface area contributed by atoms with Crippen LogP contribution in [0.15, 0.2) is 23.7 Å². The van der Waals surface area contributed by atoms with Crippen LogP contribution in [0.5, 0.6) is 0 Å². The molecule has 0 aliphatic rings. The topological polar surface area (TPSA) is 67.7 Å². The highest BCUT2D eigenvalue weighted by molar-refractivity contribution is 7.09. The lowest BCUT2D eigenvalue weighted by atomic mass is 10.3. The fraction of sp³-hybridized carbons (Fsp3) is 0.400. The molecule has 6 nitrogen and oxygen atoms in total. The molecule has 3 rings (SSSR count). The van der Waals surface area contributed by atoms with Gasteiger partial charge in [-0.2, -0.15) is 15.1 Å². The summed E-state index contributed by atoms with van der Waals surface area (Å²) in [6.45, 7) is 3.82. The lowest BCUT2D eigenvalue weighted by molar-refractivity contribution is 0.785. The Kier molecular flexibility index (Phi) is 4.53. The Balaban J connectivity index is 1.79. The molecule has 0 saturated heterocycles. The minimum absolute atomic E-state index is 0.650. The van der Waals surface area contributed by atoms with E-state index in [-0.39, 0.29) is 0 Å². The van der Waals surface area contributed by atoms with Crippen LogP contribution in [-0.2, 0) is 13.5 Å². The fourth-order valence-electron chi connectivity index (χ4n) is 2.23. The number of nitrogens with one attached hydrogen (secondary N) is 2. The first kappa shape index (κ1) is 14.8. The summed E-state index contributed by atoms with van der Waals surface area (Å²) in [6.07, 6.45) is 3.83. The first-order valence-electron chi connectivity index (χ1n) is 7.48. The number of aryl methyl sites for hydroxylation is 1. The number of anilines is 2. The van der Waals surface area contributed by atoms with Gasteiger partial charge in [0.25, 0.3) is 0 Å². The molecule has 0 unspecified atom stereocenters. The maximum absolute atomic E-state index is 4.59. The van der Waals surface area contributed by atoms with Gasteiger partial charge in [0.15, 0.2) is 5.65 Å². The summed E-state index contributed by atoms with van der Waals surface area (Å²) >= 11 is 1.78. The number of hydrogen-bond acceptors (Lipinski definition) is 6. The Morgan fingerprint density at radius 1 is 1.23 bits per heavy atom. The molecule has 0 atom stereocenters. The molecule has 0 spiro atoms. The average Bonchev–Trinajstić information content (AvgIpc) is 3.16. The van der Waals surface area contributed by atoms with E-state index >= 15 is 0 Å². The molecule has 7 heteroatoms. The van der Waals surface area contributed by atoms with Gasteiger partial charge in [0.1, 0.15) is 5.82 Å². The molecule has 2 N–H and O–H groups in total. The highest BCUT2D eigenvalue weighted by Gasteiger charge is 2.11. The van der Waals surface area contributed by atoms with E-state index in [4.69, 9.17) is 0 Å². The third-order valence-electron chi connectivity index (χ3n) is 3.37. The van der Waals surface area contributed by atoms with Gasteiger partial charge < -0.3 is 10.6 Å². The van der Waals surface area contributed by atoms with Crippen LogP contribution < -0.4 is 10.6 Å². The van der Waals surface area contributed by atoms with E-state index in [0.717, 1.165) is 42.8 Å². The van der Waals surface area contributed by atoms with E-state index in [0.29, 0.717) is 5.95 Å². The molecule has 3 heterocycles. The molecule has 116 valence electrons. The predicted molar refractivity (Wildman–Crippen MR) is 91.6 cm³/mol. The zero-order chi connectivity index (χ0) is 15.4. The normalized spacial score (nSPS) is 11.0. The van der Waals surface area contributed by atoms with E-state index in [1.165, 1.54) is 4.88 Å². The van der Waals surface area contributed by atoms with Gasteiger partial charge in [-0.25, -0.2) is 0 Å². The number of aromatic nitrogens is 4. The highest BCUT2D eigenvalue weighted by Crippen LogP contribution is 2.21. The van der Waals surface area contributed by atoms with E-state index < -0.39 is 0 Å². The summed E-state index contributed by atoms with van der Waals surface area (Å²) in [7, 11) is 1.90. The van der Waals surface area contributed by atoms with E-state index in [1.54, 1.807) is 16.0 Å². The van der Waals surface area contributed by atoms with Crippen LogP contribution in [0.1, 0.15) is 18.2 Å². The summed E-state index contributed by atoms with van der Waals surface area (Å²) in [5.74, 6) is 1.49. The lowest BCUT2D eigenvalue weighted by Crippen LogP contribution is -2.10. The van der Waals surface area contributed by atoms with Crippen molar-refractivity contribution in [1.82, 2.24) is 19.7 Å². The average molecular weight is 316 g/mol. The van der Waals surface area contributed by atoms with Crippen LogP contribution in [0.4, 0.5) is 11.8 Å². The van der Waals surface area contributed by atoms with Gasteiger partial charge in [-0.3, -0.25) is 4.68 Å². The summed E-state index contributed by atoms with van der Waals surface area (Å²) < 4.78 is 1.78. The SMILES string of the molecule is CCCNc1nc(NCCc2cccs2)c2cnn(C)c2n1. The smallest absolute Gasteiger partial charge is 0.226 e. The molecule has 0 aromatic carbocycles. The number of rotatable bonds is 7. The van der Waals surface area contributed by atoms with Gasteiger partial charge in [0.05, 0.1) is 11.6 Å². The number of thiophene rings is 1. The van der Waals surface area contributed by atoms with Crippen LogP contribution in [0.3, 0.4) is 0 Å². The van der Waals surface area contributed by atoms with E-state index in [1.807, 2.05) is 13.2 Å². The van der Waals surface area contributed by atoms with Gasteiger partial charge in [-0.05, 0) is 24.3 Å². The number of nitrogens with zero attached hydrogens (tertiary/aromatic N) is 4. The Morgan fingerprint density at radius 2 is 2.14 bits per heavy atom. The Morgan fingerprint density at radius 3 is 2.91 bits per heavy atom. The Bertz CT molecular complexity index is 734. The van der Waals surface area contributed by atoms with Gasteiger partial charge in [0.2, 0.25) is 5.95 Å². The van der Waals surface area contributed by atoms with Crippen molar-refractivity contribution < 1.29 is 0 Å². The van der Waals surface area contributed by atoms with Crippen LogP contribution in [-0.4, -0.2) is 32.8 Å². The maximum atomic E-state index is 4.59. The minimum atomic E-state index is 0.650. The van der Waals surface area contributed by atoms with Gasteiger partial charge in [0, 0.05) is 25.0 Å². The first-order valence-corrected chi connectivity index (χ1v) is 8.35. The van der Waals surface area contributed by atoms with Crippen molar-refractivity contribution in [3.63, 3.8) is 0 Å². The summed E-state index contributed by atoms with van der Waals surface area (Å²) in [5, 5.41) is 14.0. The van der Waals surface area contributed by atoms with Gasteiger partial charge in [-0.15, -0.1) is 11.3 Å². The minimum Gasteiger partial charge on any atom is -0.369 e. The molecule has 22 heavy (non-hydrogen) atoms. The second kappa shape index (κ2) is 6.74. The van der Waals surface area contributed by atoms with Crippen molar-refractivity contribution in [2.45, 2.75) is 19.8 Å². The lowest BCUT2D eigenvalue weighted by Gasteiger charge is -2.09. The van der Waals surface area contributed by atoms with Crippen LogP contribution in [0.25, 0.3) is 11.0 Å². The molecule has 3 aromatic rings. The van der Waals surface area contributed by atoms with Crippen molar-refractivity contribution in [2.24, 2.45) is 7.05 Å². The van der Waals surface area contributed by atoms with Crippen molar-refractivity contribution >= 4 is 34.1 Å². The second-order valence-corrected chi connectivity index (χ2v) is 6.12. The molecule has 0 bridgehead atoms. The maximum Gasteiger partial charge on any atom is 0.226 e. The molecule has 0 aliphatic carbocycles. The molecular formula is C15H20N6S. The zero-order valence-electron chi connectivity index (χ0n) is 12.8. The van der Waals surface area contributed by atoms with E-state index in [2.05, 4.69) is 50.1 Å².